The van der Waals surface area contributed by atoms with Gasteiger partial charge in [0.15, 0.2) is 5.60 Å². The van der Waals surface area contributed by atoms with Crippen LogP contribution in [0.25, 0.3) is 0 Å². The molecule has 0 spiro atoms. The van der Waals surface area contributed by atoms with Crippen molar-refractivity contribution in [3.05, 3.63) is 117 Å². The maximum Gasteiger partial charge on any atom is 0.173 e. The van der Waals surface area contributed by atoms with Crippen LogP contribution in [0.5, 0.6) is 0 Å². The molecule has 1 fully saturated rings. The molecule has 5 nitrogen and oxygen atoms in total. The van der Waals surface area contributed by atoms with Crippen molar-refractivity contribution in [1.29, 1.82) is 0 Å². The molecule has 1 N–H and O–H groups in total. The highest BCUT2D eigenvalue weighted by Gasteiger charge is 2.38. The first-order chi connectivity index (χ1) is 18.0. The quantitative estimate of drug-likeness (QED) is 0.308. The predicted molar refractivity (Wildman–Crippen MR) is 139 cm³/mol. The van der Waals surface area contributed by atoms with Gasteiger partial charge in [0.25, 0.3) is 0 Å². The van der Waals surface area contributed by atoms with Gasteiger partial charge in [-0.05, 0) is 69.9 Å². The fourth-order valence-corrected chi connectivity index (χ4v) is 5.38. The molecule has 8 heteroatoms. The highest BCUT2D eigenvalue weighted by molar-refractivity contribution is 7.07. The van der Waals surface area contributed by atoms with Gasteiger partial charge in [0.2, 0.25) is 0 Å². The first-order valence-electron chi connectivity index (χ1n) is 12.4. The second-order valence-electron chi connectivity index (χ2n) is 9.29. The van der Waals surface area contributed by atoms with E-state index in [1.54, 1.807) is 29.5 Å². The van der Waals surface area contributed by atoms with E-state index in [9.17, 15) is 13.9 Å². The first-order valence-corrected chi connectivity index (χ1v) is 13.3. The Hall–Kier alpha value is -2.88. The predicted octanol–water partition coefficient (Wildman–Crippen LogP) is 5.24. The summed E-state index contributed by atoms with van der Waals surface area (Å²) in [5, 5.41) is 16.2. The van der Waals surface area contributed by atoms with E-state index in [-0.39, 0.29) is 16.9 Å². The van der Waals surface area contributed by atoms with Crippen LogP contribution in [0, 0.1) is 11.6 Å². The SMILES string of the molecule is OC(c1cccc(F)c1)(c1cccc(F)c1)c1ccc(CN(CCN2CCOCC2)Cc2ccsc2)o1. The van der Waals surface area contributed by atoms with Gasteiger partial charge in [0.1, 0.15) is 23.2 Å². The molecular formula is C29H30F2N2O3S. The number of halogens is 2. The minimum atomic E-state index is -1.85. The van der Waals surface area contributed by atoms with Crippen LogP contribution in [0.2, 0.25) is 0 Å². The Morgan fingerprint density at radius 2 is 1.62 bits per heavy atom. The zero-order valence-electron chi connectivity index (χ0n) is 20.5. The summed E-state index contributed by atoms with van der Waals surface area (Å²) >= 11 is 1.67. The Bertz CT molecular complexity index is 1240. The van der Waals surface area contributed by atoms with Gasteiger partial charge in [0.05, 0.1) is 19.8 Å². The molecule has 0 radical (unpaired) electrons. The maximum atomic E-state index is 14.2. The molecule has 2 aromatic heterocycles. The topological polar surface area (TPSA) is 49.1 Å². The molecule has 0 amide bonds. The van der Waals surface area contributed by atoms with Crippen molar-refractivity contribution in [2.45, 2.75) is 18.7 Å². The van der Waals surface area contributed by atoms with Gasteiger partial charge < -0.3 is 14.3 Å². The number of aliphatic hydroxyl groups is 1. The summed E-state index contributed by atoms with van der Waals surface area (Å²) in [6.45, 7) is 6.40. The van der Waals surface area contributed by atoms with Crippen molar-refractivity contribution >= 4 is 11.3 Å². The molecular weight excluding hydrogens is 494 g/mol. The molecule has 5 rings (SSSR count). The van der Waals surface area contributed by atoms with Crippen molar-refractivity contribution in [2.75, 3.05) is 39.4 Å². The molecule has 2 aromatic carbocycles. The average Bonchev–Trinajstić information content (AvgIpc) is 3.60. The van der Waals surface area contributed by atoms with Gasteiger partial charge in [-0.15, -0.1) is 0 Å². The fourth-order valence-electron chi connectivity index (χ4n) is 4.72. The zero-order chi connectivity index (χ0) is 25.7. The molecule has 4 aromatic rings. The van der Waals surface area contributed by atoms with Crippen LogP contribution >= 0.6 is 11.3 Å². The van der Waals surface area contributed by atoms with Crippen LogP contribution in [0.15, 0.2) is 81.9 Å². The van der Waals surface area contributed by atoms with Gasteiger partial charge in [-0.3, -0.25) is 9.80 Å². The molecule has 1 saturated heterocycles. The summed E-state index contributed by atoms with van der Waals surface area (Å²) in [6.07, 6.45) is 0. The van der Waals surface area contributed by atoms with Gasteiger partial charge in [-0.25, -0.2) is 8.78 Å². The zero-order valence-corrected chi connectivity index (χ0v) is 21.3. The van der Waals surface area contributed by atoms with Gasteiger partial charge in [-0.1, -0.05) is 24.3 Å². The van der Waals surface area contributed by atoms with Gasteiger partial charge in [-0.2, -0.15) is 11.3 Å². The summed E-state index contributed by atoms with van der Waals surface area (Å²) in [4.78, 5) is 4.70. The Labute approximate surface area is 219 Å². The van der Waals surface area contributed by atoms with E-state index >= 15 is 0 Å². The molecule has 0 unspecified atom stereocenters. The lowest BCUT2D eigenvalue weighted by Crippen LogP contribution is -2.41. The van der Waals surface area contributed by atoms with Crippen LogP contribution in [0.4, 0.5) is 8.78 Å². The number of hydrogen-bond acceptors (Lipinski definition) is 6. The number of thiophene rings is 1. The molecule has 0 aliphatic carbocycles. The van der Waals surface area contributed by atoms with E-state index in [1.807, 2.05) is 6.07 Å². The van der Waals surface area contributed by atoms with E-state index in [0.29, 0.717) is 12.3 Å². The summed E-state index contributed by atoms with van der Waals surface area (Å²) in [5.41, 5.74) is -0.0910. The monoisotopic (exact) mass is 524 g/mol. The summed E-state index contributed by atoms with van der Waals surface area (Å²) in [6, 6.07) is 17.0. The van der Waals surface area contributed by atoms with Gasteiger partial charge >= 0.3 is 0 Å². The molecule has 37 heavy (non-hydrogen) atoms. The minimum Gasteiger partial charge on any atom is -0.461 e. The van der Waals surface area contributed by atoms with Crippen molar-refractivity contribution < 1.29 is 23.0 Å². The molecule has 1 aliphatic heterocycles. The van der Waals surface area contributed by atoms with E-state index in [1.165, 1.54) is 42.0 Å². The third kappa shape index (κ3) is 6.17. The molecule has 0 saturated carbocycles. The highest BCUT2D eigenvalue weighted by atomic mass is 32.1. The number of ether oxygens (including phenoxy) is 1. The number of rotatable bonds is 10. The molecule has 3 heterocycles. The van der Waals surface area contributed by atoms with E-state index in [2.05, 4.69) is 26.6 Å². The van der Waals surface area contributed by atoms with Crippen LogP contribution in [-0.4, -0.2) is 54.3 Å². The normalized spacial score (nSPS) is 14.9. The summed E-state index contributed by atoms with van der Waals surface area (Å²) in [5.74, 6) is -0.117. The molecule has 0 bridgehead atoms. The second-order valence-corrected chi connectivity index (χ2v) is 10.1. The van der Waals surface area contributed by atoms with E-state index < -0.39 is 17.2 Å². The lowest BCUT2D eigenvalue weighted by molar-refractivity contribution is 0.0319. The Kier molecular flexibility index (Phi) is 8.12. The second kappa shape index (κ2) is 11.7. The average molecular weight is 525 g/mol. The smallest absolute Gasteiger partial charge is 0.173 e. The number of furan rings is 1. The van der Waals surface area contributed by atoms with Crippen LogP contribution < -0.4 is 0 Å². The standard InChI is InChI=1S/C29H30F2N2O3S/c30-25-5-1-3-23(17-25)29(34,24-4-2-6-26(31)18-24)28-8-7-27(36-28)20-33(19-22-9-16-37-21-22)11-10-32-12-14-35-15-13-32/h1-9,16-18,21,34H,10-15,19-20H2. The highest BCUT2D eigenvalue weighted by Crippen LogP contribution is 2.38. The number of hydrogen-bond donors (Lipinski definition) is 1. The van der Waals surface area contributed by atoms with E-state index in [4.69, 9.17) is 9.15 Å². The lowest BCUT2D eigenvalue weighted by atomic mass is 9.84. The van der Waals surface area contributed by atoms with E-state index in [0.717, 1.165) is 45.9 Å². The minimum absolute atomic E-state index is 0.211. The number of benzene rings is 2. The van der Waals surface area contributed by atoms with Crippen molar-refractivity contribution in [3.8, 4) is 0 Å². The Morgan fingerprint density at radius 3 is 2.24 bits per heavy atom. The van der Waals surface area contributed by atoms with Crippen molar-refractivity contribution in [2.24, 2.45) is 0 Å². The van der Waals surface area contributed by atoms with Crippen LogP contribution in [-0.2, 0) is 23.4 Å². The van der Waals surface area contributed by atoms with Crippen LogP contribution in [0.1, 0.15) is 28.2 Å². The molecule has 1 aliphatic rings. The first kappa shape index (κ1) is 25.8. The number of morpholine rings is 1. The largest absolute Gasteiger partial charge is 0.461 e. The van der Waals surface area contributed by atoms with Crippen molar-refractivity contribution in [1.82, 2.24) is 9.80 Å². The number of nitrogens with zero attached hydrogens (tertiary/aromatic N) is 2. The molecule has 194 valence electrons. The van der Waals surface area contributed by atoms with Gasteiger partial charge in [0, 0.05) is 32.7 Å². The maximum absolute atomic E-state index is 14.2. The third-order valence-corrected chi connectivity index (χ3v) is 7.44. The summed E-state index contributed by atoms with van der Waals surface area (Å²) in [7, 11) is 0. The van der Waals surface area contributed by atoms with Crippen LogP contribution in [0.3, 0.4) is 0 Å². The summed E-state index contributed by atoms with van der Waals surface area (Å²) < 4.78 is 40.0. The van der Waals surface area contributed by atoms with Crippen molar-refractivity contribution in [3.63, 3.8) is 0 Å². The third-order valence-electron chi connectivity index (χ3n) is 6.70. The lowest BCUT2D eigenvalue weighted by Gasteiger charge is -2.30. The molecule has 0 atom stereocenters. The Morgan fingerprint density at radius 1 is 0.919 bits per heavy atom. The fraction of sp³-hybridized carbons (Fsp3) is 0.310. The Balaban J connectivity index is 1.41.